The van der Waals surface area contributed by atoms with Gasteiger partial charge in [0.15, 0.2) is 5.82 Å². The van der Waals surface area contributed by atoms with Gasteiger partial charge in [0.2, 0.25) is 5.91 Å². The lowest BCUT2D eigenvalue weighted by molar-refractivity contribution is -0.120. The highest BCUT2D eigenvalue weighted by atomic mass is 16.1. The highest BCUT2D eigenvalue weighted by Gasteiger charge is 2.12. The molecule has 0 saturated carbocycles. The van der Waals surface area contributed by atoms with Gasteiger partial charge in [0.1, 0.15) is 12.7 Å². The zero-order valence-corrected chi connectivity index (χ0v) is 14.6. The SMILES string of the molecule is O=C(Cc1ccc2c(c1)CCCC2)NCc1cccnc1-n1cncn1. The number of rotatable bonds is 5. The number of nitrogens with one attached hydrogen (secondary N) is 1. The average molecular weight is 347 g/mol. The van der Waals surface area contributed by atoms with Crippen LogP contribution in [0.1, 0.15) is 35.1 Å². The molecule has 3 aromatic rings. The molecule has 2 aromatic heterocycles. The van der Waals surface area contributed by atoms with Crippen molar-refractivity contribution in [2.45, 2.75) is 38.6 Å². The first-order chi connectivity index (χ1) is 12.8. The van der Waals surface area contributed by atoms with Gasteiger partial charge in [-0.3, -0.25) is 4.79 Å². The van der Waals surface area contributed by atoms with Gasteiger partial charge in [0.25, 0.3) is 0 Å². The van der Waals surface area contributed by atoms with Crippen LogP contribution in [-0.4, -0.2) is 25.7 Å². The van der Waals surface area contributed by atoms with Gasteiger partial charge in [0.05, 0.1) is 6.42 Å². The molecule has 0 radical (unpaired) electrons. The Kier molecular flexibility index (Phi) is 4.73. The zero-order valence-electron chi connectivity index (χ0n) is 14.6. The number of benzene rings is 1. The molecular weight excluding hydrogens is 326 g/mol. The normalized spacial score (nSPS) is 13.2. The first-order valence-electron chi connectivity index (χ1n) is 8.96. The fourth-order valence-corrected chi connectivity index (χ4v) is 3.43. The number of nitrogens with zero attached hydrogens (tertiary/aromatic N) is 4. The largest absolute Gasteiger partial charge is 0.352 e. The molecule has 0 aliphatic heterocycles. The van der Waals surface area contributed by atoms with E-state index in [1.54, 1.807) is 17.2 Å². The van der Waals surface area contributed by atoms with E-state index in [1.165, 1.54) is 30.3 Å². The molecular formula is C20H21N5O. The van der Waals surface area contributed by atoms with Crippen molar-refractivity contribution >= 4 is 5.91 Å². The predicted molar refractivity (Wildman–Crippen MR) is 97.8 cm³/mol. The molecule has 0 fully saturated rings. The number of amides is 1. The summed E-state index contributed by atoms with van der Waals surface area (Å²) in [5, 5.41) is 7.10. The molecule has 0 saturated heterocycles. The number of aryl methyl sites for hydroxylation is 2. The monoisotopic (exact) mass is 347 g/mol. The number of carbonyl (C=O) groups excluding carboxylic acids is 1. The van der Waals surface area contributed by atoms with Crippen LogP contribution in [0.4, 0.5) is 0 Å². The Labute approximate surface area is 152 Å². The molecule has 1 aromatic carbocycles. The second-order valence-corrected chi connectivity index (χ2v) is 6.59. The molecule has 26 heavy (non-hydrogen) atoms. The smallest absolute Gasteiger partial charge is 0.224 e. The maximum atomic E-state index is 12.4. The van der Waals surface area contributed by atoms with E-state index in [-0.39, 0.29) is 5.91 Å². The average Bonchev–Trinajstić information content (AvgIpc) is 3.21. The summed E-state index contributed by atoms with van der Waals surface area (Å²) in [6, 6.07) is 10.2. The first-order valence-corrected chi connectivity index (χ1v) is 8.96. The van der Waals surface area contributed by atoms with Gasteiger partial charge in [-0.1, -0.05) is 24.3 Å². The summed E-state index contributed by atoms with van der Waals surface area (Å²) in [7, 11) is 0. The fourth-order valence-electron chi connectivity index (χ4n) is 3.43. The van der Waals surface area contributed by atoms with E-state index in [0.717, 1.165) is 24.0 Å². The molecule has 0 atom stereocenters. The van der Waals surface area contributed by atoms with Crippen molar-refractivity contribution in [3.05, 3.63) is 71.4 Å². The van der Waals surface area contributed by atoms with Crippen molar-refractivity contribution in [3.63, 3.8) is 0 Å². The van der Waals surface area contributed by atoms with Gasteiger partial charge in [-0.25, -0.2) is 14.6 Å². The standard InChI is InChI=1S/C20H21N5O/c26-19(11-15-7-8-16-4-1-2-5-17(16)10-15)23-12-18-6-3-9-22-20(18)25-14-21-13-24-25/h3,6-10,13-14H,1-2,4-5,11-12H2,(H,23,26). The van der Waals surface area contributed by atoms with E-state index in [4.69, 9.17) is 0 Å². The highest BCUT2D eigenvalue weighted by molar-refractivity contribution is 5.78. The first kappa shape index (κ1) is 16.4. The summed E-state index contributed by atoms with van der Waals surface area (Å²) in [5.41, 5.74) is 4.82. The molecule has 6 nitrogen and oxygen atoms in total. The van der Waals surface area contributed by atoms with E-state index in [2.05, 4.69) is 38.6 Å². The van der Waals surface area contributed by atoms with E-state index in [1.807, 2.05) is 12.1 Å². The maximum absolute atomic E-state index is 12.4. The van der Waals surface area contributed by atoms with E-state index in [9.17, 15) is 4.79 Å². The Bertz CT molecular complexity index is 904. The number of pyridine rings is 1. The molecule has 1 N–H and O–H groups in total. The maximum Gasteiger partial charge on any atom is 0.224 e. The Morgan fingerprint density at radius 1 is 1.15 bits per heavy atom. The summed E-state index contributed by atoms with van der Waals surface area (Å²) in [5.74, 6) is 0.688. The van der Waals surface area contributed by atoms with Gasteiger partial charge in [-0.15, -0.1) is 0 Å². The van der Waals surface area contributed by atoms with Gasteiger partial charge in [0, 0.05) is 18.3 Å². The van der Waals surface area contributed by atoms with Crippen molar-refractivity contribution in [1.29, 1.82) is 0 Å². The summed E-state index contributed by atoms with van der Waals surface area (Å²) in [4.78, 5) is 20.7. The second kappa shape index (κ2) is 7.47. The van der Waals surface area contributed by atoms with Gasteiger partial charge in [-0.2, -0.15) is 5.10 Å². The third-order valence-electron chi connectivity index (χ3n) is 4.76. The lowest BCUT2D eigenvalue weighted by atomic mass is 9.90. The third kappa shape index (κ3) is 3.64. The molecule has 1 amide bonds. The summed E-state index contributed by atoms with van der Waals surface area (Å²) < 4.78 is 1.60. The van der Waals surface area contributed by atoms with Crippen molar-refractivity contribution in [2.75, 3.05) is 0 Å². The summed E-state index contributed by atoms with van der Waals surface area (Å²) in [6.45, 7) is 0.410. The molecule has 0 unspecified atom stereocenters. The molecule has 2 heterocycles. The molecule has 1 aliphatic rings. The van der Waals surface area contributed by atoms with Crippen LogP contribution in [0, 0.1) is 0 Å². The Morgan fingerprint density at radius 2 is 2.04 bits per heavy atom. The predicted octanol–water partition coefficient (Wildman–Crippen LogP) is 2.40. The Balaban J connectivity index is 1.41. The number of hydrogen-bond donors (Lipinski definition) is 1. The third-order valence-corrected chi connectivity index (χ3v) is 4.76. The lowest BCUT2D eigenvalue weighted by Gasteiger charge is -2.16. The Morgan fingerprint density at radius 3 is 2.88 bits per heavy atom. The number of aromatic nitrogens is 4. The van der Waals surface area contributed by atoms with Crippen LogP contribution in [0.25, 0.3) is 5.82 Å². The van der Waals surface area contributed by atoms with Crippen LogP contribution in [-0.2, 0) is 30.6 Å². The van der Waals surface area contributed by atoms with Crippen LogP contribution in [0.2, 0.25) is 0 Å². The number of fused-ring (bicyclic) bond motifs is 1. The van der Waals surface area contributed by atoms with Crippen LogP contribution >= 0.6 is 0 Å². The minimum Gasteiger partial charge on any atom is -0.352 e. The van der Waals surface area contributed by atoms with Gasteiger partial charge in [-0.05, 0) is 48.4 Å². The van der Waals surface area contributed by atoms with Crippen molar-refractivity contribution < 1.29 is 4.79 Å². The zero-order chi connectivity index (χ0) is 17.8. The molecule has 6 heteroatoms. The van der Waals surface area contributed by atoms with Crippen LogP contribution in [0.15, 0.2) is 49.2 Å². The molecule has 1 aliphatic carbocycles. The minimum atomic E-state index is 0.00847. The van der Waals surface area contributed by atoms with Crippen LogP contribution in [0.5, 0.6) is 0 Å². The second-order valence-electron chi connectivity index (χ2n) is 6.59. The molecule has 132 valence electrons. The number of hydrogen-bond acceptors (Lipinski definition) is 4. The van der Waals surface area contributed by atoms with E-state index >= 15 is 0 Å². The molecule has 0 spiro atoms. The fraction of sp³-hybridized carbons (Fsp3) is 0.300. The Hall–Kier alpha value is -3.02. The topological polar surface area (TPSA) is 72.7 Å². The van der Waals surface area contributed by atoms with Crippen LogP contribution in [0.3, 0.4) is 0 Å². The summed E-state index contributed by atoms with van der Waals surface area (Å²) in [6.07, 6.45) is 9.96. The highest BCUT2D eigenvalue weighted by Crippen LogP contribution is 2.22. The van der Waals surface area contributed by atoms with Gasteiger partial charge < -0.3 is 5.32 Å². The quantitative estimate of drug-likeness (QED) is 0.769. The van der Waals surface area contributed by atoms with Crippen LogP contribution < -0.4 is 5.32 Å². The lowest BCUT2D eigenvalue weighted by Crippen LogP contribution is -2.25. The van der Waals surface area contributed by atoms with Crippen molar-refractivity contribution in [3.8, 4) is 5.82 Å². The van der Waals surface area contributed by atoms with E-state index in [0.29, 0.717) is 18.8 Å². The van der Waals surface area contributed by atoms with Crippen molar-refractivity contribution in [2.24, 2.45) is 0 Å². The van der Waals surface area contributed by atoms with Crippen molar-refractivity contribution in [1.82, 2.24) is 25.1 Å². The minimum absolute atomic E-state index is 0.00847. The van der Waals surface area contributed by atoms with E-state index < -0.39 is 0 Å². The molecule has 4 rings (SSSR count). The number of carbonyl (C=O) groups is 1. The van der Waals surface area contributed by atoms with Gasteiger partial charge >= 0.3 is 0 Å². The summed E-state index contributed by atoms with van der Waals surface area (Å²) >= 11 is 0. The molecule has 0 bridgehead atoms.